The lowest BCUT2D eigenvalue weighted by Crippen LogP contribution is -2.32. The van der Waals surface area contributed by atoms with Crippen molar-refractivity contribution in [3.05, 3.63) is 102 Å². The van der Waals surface area contributed by atoms with Gasteiger partial charge < -0.3 is 10.3 Å². The molecule has 0 aliphatic carbocycles. The Morgan fingerprint density at radius 2 is 1.56 bits per heavy atom. The largest absolute Gasteiger partial charge is 0.361 e. The summed E-state index contributed by atoms with van der Waals surface area (Å²) in [7, 11) is 0. The monoisotopic (exact) mass is 370 g/mol. The highest BCUT2D eigenvalue weighted by molar-refractivity contribution is 8.00. The zero-order valence-corrected chi connectivity index (χ0v) is 15.4. The van der Waals surface area contributed by atoms with Crippen molar-refractivity contribution in [1.29, 1.82) is 0 Å². The molecule has 27 heavy (non-hydrogen) atoms. The number of rotatable bonds is 4. The van der Waals surface area contributed by atoms with Gasteiger partial charge in [-0.15, -0.1) is 11.8 Å². The molecule has 3 aromatic carbocycles. The molecule has 1 aromatic heterocycles. The summed E-state index contributed by atoms with van der Waals surface area (Å²) in [4.78, 5) is 16.7. The van der Waals surface area contributed by atoms with E-state index in [9.17, 15) is 4.79 Å². The third kappa shape index (κ3) is 2.48. The number of benzene rings is 3. The first-order valence-corrected chi connectivity index (χ1v) is 9.93. The number of fused-ring (bicyclic) bond motifs is 2. The normalized spacial score (nSPS) is 18.4. The fraction of sp³-hybridized carbons (Fsp3) is 0.0870. The number of para-hydroxylation sites is 2. The maximum absolute atomic E-state index is 13.4. The minimum atomic E-state index is -0.772. The number of hydrogen-bond donors (Lipinski definition) is 2. The average molecular weight is 370 g/mol. The summed E-state index contributed by atoms with van der Waals surface area (Å²) in [6.07, 6.45) is 1.99. The van der Waals surface area contributed by atoms with Crippen molar-refractivity contribution in [1.82, 2.24) is 4.98 Å². The summed E-state index contributed by atoms with van der Waals surface area (Å²) in [5.41, 5.74) is 5.19. The summed E-state index contributed by atoms with van der Waals surface area (Å²) in [5, 5.41) is 4.19. The summed E-state index contributed by atoms with van der Waals surface area (Å²) in [6, 6.07) is 26.5. The smallest absolute Gasteiger partial charge is 0.249 e. The molecule has 1 amide bonds. The van der Waals surface area contributed by atoms with Gasteiger partial charge in [-0.2, -0.15) is 0 Å². The highest BCUT2D eigenvalue weighted by Crippen LogP contribution is 2.53. The molecule has 0 bridgehead atoms. The van der Waals surface area contributed by atoms with Gasteiger partial charge in [-0.05, 0) is 17.7 Å². The van der Waals surface area contributed by atoms with E-state index >= 15 is 0 Å². The van der Waals surface area contributed by atoms with Crippen LogP contribution in [-0.2, 0) is 15.3 Å². The van der Waals surface area contributed by atoms with E-state index in [1.807, 2.05) is 60.8 Å². The van der Waals surface area contributed by atoms with Gasteiger partial charge in [0, 0.05) is 39.7 Å². The van der Waals surface area contributed by atoms with Crippen molar-refractivity contribution >= 4 is 34.3 Å². The van der Waals surface area contributed by atoms with Crippen LogP contribution in [0.5, 0.6) is 0 Å². The van der Waals surface area contributed by atoms with Crippen LogP contribution >= 0.6 is 11.8 Å². The second-order valence-corrected chi connectivity index (χ2v) is 7.89. The second-order valence-electron chi connectivity index (χ2n) is 6.70. The Balaban J connectivity index is 1.70. The van der Waals surface area contributed by atoms with Gasteiger partial charge in [0.05, 0.1) is 0 Å². The lowest BCUT2D eigenvalue weighted by molar-refractivity contribution is -0.117. The highest BCUT2D eigenvalue weighted by atomic mass is 32.2. The van der Waals surface area contributed by atoms with Gasteiger partial charge in [0.25, 0.3) is 0 Å². The number of anilines is 1. The van der Waals surface area contributed by atoms with Crippen LogP contribution in [0.25, 0.3) is 10.9 Å². The molecule has 132 valence electrons. The zero-order chi connectivity index (χ0) is 18.3. The van der Waals surface area contributed by atoms with Gasteiger partial charge in [0.2, 0.25) is 5.91 Å². The third-order valence-corrected chi connectivity index (χ3v) is 6.68. The van der Waals surface area contributed by atoms with E-state index in [0.29, 0.717) is 0 Å². The number of carbonyl (C=O) groups excluding carboxylic acids is 1. The molecule has 5 rings (SSSR count). The minimum Gasteiger partial charge on any atom is -0.361 e. The van der Waals surface area contributed by atoms with E-state index in [1.54, 1.807) is 11.8 Å². The van der Waals surface area contributed by atoms with E-state index < -0.39 is 4.75 Å². The van der Waals surface area contributed by atoms with Gasteiger partial charge in [0.1, 0.15) is 4.75 Å². The molecule has 1 unspecified atom stereocenters. The topological polar surface area (TPSA) is 44.9 Å². The molecule has 2 N–H and O–H groups in total. The van der Waals surface area contributed by atoms with E-state index in [4.69, 9.17) is 0 Å². The Bertz CT molecular complexity index is 1140. The van der Waals surface area contributed by atoms with Crippen LogP contribution in [0.4, 0.5) is 5.69 Å². The molecule has 3 nitrogen and oxygen atoms in total. The number of carbonyl (C=O) groups is 1. The van der Waals surface area contributed by atoms with Crippen molar-refractivity contribution in [2.24, 2.45) is 0 Å². The molecular formula is C23H18N2OS. The second kappa shape index (κ2) is 6.32. The maximum Gasteiger partial charge on any atom is 0.249 e. The van der Waals surface area contributed by atoms with Crippen LogP contribution in [0.1, 0.15) is 16.7 Å². The molecule has 2 heterocycles. The minimum absolute atomic E-state index is 0.0226. The fourth-order valence-electron chi connectivity index (χ4n) is 3.85. The van der Waals surface area contributed by atoms with Crippen molar-refractivity contribution in [2.75, 3.05) is 5.32 Å². The number of thioether (sulfide) groups is 1. The lowest BCUT2D eigenvalue weighted by Gasteiger charge is -2.27. The van der Waals surface area contributed by atoms with Crippen LogP contribution in [0.15, 0.2) is 85.1 Å². The zero-order valence-electron chi connectivity index (χ0n) is 14.6. The highest BCUT2D eigenvalue weighted by Gasteiger charge is 2.49. The first kappa shape index (κ1) is 16.2. The Hall–Kier alpha value is -2.98. The molecular weight excluding hydrogens is 352 g/mol. The number of aromatic amines is 1. The number of hydrogen-bond acceptors (Lipinski definition) is 2. The predicted molar refractivity (Wildman–Crippen MR) is 112 cm³/mol. The summed E-state index contributed by atoms with van der Waals surface area (Å²) >= 11 is 1.68. The molecule has 0 saturated carbocycles. The van der Waals surface area contributed by atoms with Crippen LogP contribution < -0.4 is 5.32 Å². The van der Waals surface area contributed by atoms with Gasteiger partial charge in [-0.3, -0.25) is 4.79 Å². The molecule has 0 saturated heterocycles. The van der Waals surface area contributed by atoms with Gasteiger partial charge >= 0.3 is 0 Å². The Kier molecular flexibility index (Phi) is 3.80. The first-order chi connectivity index (χ1) is 13.3. The van der Waals surface area contributed by atoms with E-state index in [0.717, 1.165) is 33.5 Å². The number of nitrogens with one attached hydrogen (secondary N) is 2. The molecule has 1 aliphatic heterocycles. The maximum atomic E-state index is 13.4. The van der Waals surface area contributed by atoms with Gasteiger partial charge in [0.15, 0.2) is 0 Å². The number of amides is 1. The Morgan fingerprint density at radius 3 is 2.44 bits per heavy atom. The molecule has 1 aliphatic rings. The standard InChI is InChI=1S/C23H18N2OS/c26-22-23(18-11-5-7-13-21(18)25-22,27-15-16-8-2-1-3-9-16)19-14-24-20-12-6-4-10-17(19)20/h1-14,24H,15H2,(H,25,26). The van der Waals surface area contributed by atoms with Gasteiger partial charge in [-0.25, -0.2) is 0 Å². The van der Waals surface area contributed by atoms with E-state index in [-0.39, 0.29) is 5.91 Å². The van der Waals surface area contributed by atoms with E-state index in [2.05, 4.69) is 34.6 Å². The molecule has 0 radical (unpaired) electrons. The number of H-pyrrole nitrogens is 1. The fourth-order valence-corrected chi connectivity index (χ4v) is 5.26. The van der Waals surface area contributed by atoms with Crippen LogP contribution in [0.3, 0.4) is 0 Å². The Labute approximate surface area is 161 Å². The lowest BCUT2D eigenvalue weighted by atomic mass is 9.91. The van der Waals surface area contributed by atoms with Crippen LogP contribution in [0.2, 0.25) is 0 Å². The van der Waals surface area contributed by atoms with Crippen LogP contribution in [-0.4, -0.2) is 10.9 Å². The molecule has 4 heteroatoms. The number of aromatic nitrogens is 1. The van der Waals surface area contributed by atoms with E-state index in [1.165, 1.54) is 5.56 Å². The molecule has 0 spiro atoms. The Morgan fingerprint density at radius 1 is 0.815 bits per heavy atom. The third-order valence-electron chi connectivity index (χ3n) is 5.14. The molecule has 4 aromatic rings. The van der Waals surface area contributed by atoms with Crippen molar-refractivity contribution in [2.45, 2.75) is 10.5 Å². The van der Waals surface area contributed by atoms with Crippen molar-refractivity contribution < 1.29 is 4.79 Å². The predicted octanol–water partition coefficient (Wildman–Crippen LogP) is 5.30. The molecule has 1 atom stereocenters. The van der Waals surface area contributed by atoms with Crippen molar-refractivity contribution in [3.63, 3.8) is 0 Å². The van der Waals surface area contributed by atoms with Gasteiger partial charge in [-0.1, -0.05) is 66.7 Å². The first-order valence-electron chi connectivity index (χ1n) is 8.94. The summed E-state index contributed by atoms with van der Waals surface area (Å²) in [5.74, 6) is 0.775. The quantitative estimate of drug-likeness (QED) is 0.512. The van der Waals surface area contributed by atoms with Crippen LogP contribution in [0, 0.1) is 0 Å². The summed E-state index contributed by atoms with van der Waals surface area (Å²) < 4.78 is -0.772. The SMILES string of the molecule is O=C1Nc2ccccc2C1(SCc1ccccc1)c1c[nH]c2ccccc12. The average Bonchev–Trinajstić information content (AvgIpc) is 3.26. The molecule has 0 fully saturated rings. The van der Waals surface area contributed by atoms with Crippen molar-refractivity contribution in [3.8, 4) is 0 Å². The summed E-state index contributed by atoms with van der Waals surface area (Å²) in [6.45, 7) is 0.